The maximum atomic E-state index is 7.40. The van der Waals surface area contributed by atoms with Gasteiger partial charge in [-0.15, -0.1) is 33.2 Å². The summed E-state index contributed by atoms with van der Waals surface area (Å²) >= 11 is 14.8. The average Bonchev–Trinajstić information content (AvgIpc) is 2.84. The first-order chi connectivity index (χ1) is 14.6. The summed E-state index contributed by atoms with van der Waals surface area (Å²) < 4.78 is 0. The third kappa shape index (κ3) is 4.16. The average molecular weight is 460 g/mol. The van der Waals surface area contributed by atoms with Crippen LogP contribution in [0.1, 0.15) is 0 Å². The summed E-state index contributed by atoms with van der Waals surface area (Å²) in [7, 11) is -5.63. The second-order valence-electron chi connectivity index (χ2n) is 7.03. The van der Waals surface area contributed by atoms with Crippen molar-refractivity contribution in [2.75, 3.05) is 0 Å². The third-order valence-electron chi connectivity index (χ3n) is 5.09. The Morgan fingerprint density at radius 3 is 0.767 bits per heavy atom. The van der Waals surface area contributed by atoms with Crippen molar-refractivity contribution in [2.24, 2.45) is 0 Å². The van der Waals surface area contributed by atoms with Crippen LogP contribution in [0.4, 0.5) is 0 Å². The Balaban J connectivity index is 1.92. The summed E-state index contributed by atoms with van der Waals surface area (Å²) in [6.45, 7) is 0. The Bertz CT molecular complexity index is 981. The van der Waals surface area contributed by atoms with E-state index in [1.54, 1.807) is 0 Å². The van der Waals surface area contributed by atoms with Crippen LogP contribution in [0.15, 0.2) is 121 Å². The van der Waals surface area contributed by atoms with Crippen LogP contribution in [0, 0.1) is 11.1 Å². The Kier molecular flexibility index (Phi) is 6.27. The number of benzene rings is 4. The molecule has 4 heteroatoms. The van der Waals surface area contributed by atoms with Gasteiger partial charge in [0, 0.05) is 0 Å². The first kappa shape index (κ1) is 20.7. The zero-order valence-corrected chi connectivity index (χ0v) is 19.8. The molecule has 0 aliphatic heterocycles. The van der Waals surface area contributed by atoms with E-state index in [9.17, 15) is 0 Å². The van der Waals surface area contributed by atoms with Gasteiger partial charge in [0.25, 0.3) is 14.8 Å². The van der Waals surface area contributed by atoms with E-state index in [0.717, 1.165) is 20.7 Å². The predicted molar refractivity (Wildman–Crippen MR) is 135 cm³/mol. The highest BCUT2D eigenvalue weighted by Gasteiger charge is 2.38. The molecule has 0 aliphatic carbocycles. The second-order valence-corrected chi connectivity index (χ2v) is 15.9. The molecular formula is C26H20Cl2Si2. The summed E-state index contributed by atoms with van der Waals surface area (Å²) in [5.74, 6) is 0. The van der Waals surface area contributed by atoms with Gasteiger partial charge in [-0.25, -0.2) is 0 Å². The van der Waals surface area contributed by atoms with E-state index in [1.165, 1.54) is 0 Å². The van der Waals surface area contributed by atoms with Crippen molar-refractivity contribution in [3.8, 4) is 11.1 Å². The number of rotatable bonds is 4. The lowest BCUT2D eigenvalue weighted by molar-refractivity contribution is 1.73. The fourth-order valence-electron chi connectivity index (χ4n) is 3.47. The lowest BCUT2D eigenvalue weighted by Gasteiger charge is -2.23. The molecule has 0 bridgehead atoms. The molecule has 0 saturated carbocycles. The van der Waals surface area contributed by atoms with Gasteiger partial charge in [0.15, 0.2) is 0 Å². The van der Waals surface area contributed by atoms with E-state index in [0.29, 0.717) is 0 Å². The molecule has 0 heterocycles. The van der Waals surface area contributed by atoms with Gasteiger partial charge in [-0.2, -0.15) is 0 Å². The Hall–Kier alpha value is -2.55. The van der Waals surface area contributed by atoms with E-state index in [4.69, 9.17) is 22.2 Å². The summed E-state index contributed by atoms with van der Waals surface area (Å²) in [4.78, 5) is 0. The van der Waals surface area contributed by atoms with E-state index in [1.807, 2.05) is 72.8 Å². The van der Waals surface area contributed by atoms with Gasteiger partial charge in [0.2, 0.25) is 0 Å². The molecule has 0 nitrogen and oxygen atoms in total. The van der Waals surface area contributed by atoms with Crippen molar-refractivity contribution < 1.29 is 0 Å². The minimum Gasteiger partial charge on any atom is -0.138 e. The summed E-state index contributed by atoms with van der Waals surface area (Å²) in [6.07, 6.45) is 0. The number of hydrogen-bond acceptors (Lipinski definition) is 0. The van der Waals surface area contributed by atoms with Crippen molar-refractivity contribution in [3.63, 3.8) is 0 Å². The van der Waals surface area contributed by atoms with Crippen LogP contribution in [-0.4, -0.2) is 14.8 Å². The molecule has 0 saturated heterocycles. The molecular weight excluding hydrogens is 439 g/mol. The van der Waals surface area contributed by atoms with Crippen molar-refractivity contribution in [3.05, 3.63) is 121 Å². The second kappa shape index (κ2) is 9.08. The van der Waals surface area contributed by atoms with Crippen LogP contribution in [0.3, 0.4) is 0 Å². The fourth-order valence-corrected chi connectivity index (χ4v) is 11.1. The topological polar surface area (TPSA) is 0 Å². The minimum atomic E-state index is -2.82. The van der Waals surface area contributed by atoms with Crippen LogP contribution >= 0.6 is 22.2 Å². The molecule has 0 fully saturated rings. The van der Waals surface area contributed by atoms with E-state index in [2.05, 4.69) is 59.6 Å². The monoisotopic (exact) mass is 458 g/mol. The zero-order chi connectivity index (χ0) is 20.9. The molecule has 0 amide bonds. The molecule has 0 radical (unpaired) electrons. The largest absolute Gasteiger partial charge is 0.292 e. The molecule has 30 heavy (non-hydrogen) atoms. The summed E-state index contributed by atoms with van der Waals surface area (Å²) in [6, 6.07) is 40.7. The molecule has 4 rings (SSSR count). The lowest BCUT2D eigenvalue weighted by Crippen LogP contribution is -2.56. The standard InChI is InChI=1S/C26H20Cl2Si2/c27-29(23-13-5-1-6-14-23,24-15-7-2-8-16-24)21-22-30(28,25-17-9-3-10-18-25)26-19-11-4-12-20-26/h1-20H. The first-order valence-corrected chi connectivity index (χ1v) is 15.8. The van der Waals surface area contributed by atoms with Gasteiger partial charge >= 0.3 is 0 Å². The van der Waals surface area contributed by atoms with Gasteiger partial charge in [-0.1, -0.05) is 121 Å². The molecule has 0 atom stereocenters. The van der Waals surface area contributed by atoms with Crippen molar-refractivity contribution in [1.82, 2.24) is 0 Å². The van der Waals surface area contributed by atoms with Crippen LogP contribution in [0.5, 0.6) is 0 Å². The highest BCUT2D eigenvalue weighted by atomic mass is 35.6. The van der Waals surface area contributed by atoms with E-state index < -0.39 is 14.8 Å². The molecule has 0 unspecified atom stereocenters. The van der Waals surface area contributed by atoms with Crippen LogP contribution < -0.4 is 20.7 Å². The molecule has 0 spiro atoms. The fraction of sp³-hybridized carbons (Fsp3) is 0. The van der Waals surface area contributed by atoms with Crippen molar-refractivity contribution in [1.29, 1.82) is 0 Å². The Labute approximate surface area is 189 Å². The van der Waals surface area contributed by atoms with Gasteiger partial charge in [0.1, 0.15) is 0 Å². The first-order valence-electron chi connectivity index (χ1n) is 9.77. The normalized spacial score (nSPS) is 11.4. The van der Waals surface area contributed by atoms with Gasteiger partial charge in [-0.3, -0.25) is 0 Å². The highest BCUT2D eigenvalue weighted by molar-refractivity contribution is 7.41. The Morgan fingerprint density at radius 1 is 0.367 bits per heavy atom. The highest BCUT2D eigenvalue weighted by Crippen LogP contribution is 2.14. The van der Waals surface area contributed by atoms with Crippen LogP contribution in [0.25, 0.3) is 0 Å². The van der Waals surface area contributed by atoms with Gasteiger partial charge < -0.3 is 0 Å². The maximum Gasteiger partial charge on any atom is 0.292 e. The van der Waals surface area contributed by atoms with Crippen LogP contribution in [0.2, 0.25) is 0 Å². The molecule has 4 aromatic carbocycles. The summed E-state index contributed by atoms with van der Waals surface area (Å²) in [5.41, 5.74) is 7.10. The zero-order valence-electron chi connectivity index (χ0n) is 16.3. The van der Waals surface area contributed by atoms with Crippen molar-refractivity contribution >= 4 is 57.7 Å². The molecule has 0 aliphatic rings. The maximum absolute atomic E-state index is 7.40. The molecule has 0 aromatic heterocycles. The minimum absolute atomic E-state index is 1.07. The molecule has 4 aromatic rings. The lowest BCUT2D eigenvalue weighted by atomic mass is 10.4. The predicted octanol–water partition coefficient (Wildman–Crippen LogP) is 4.07. The quantitative estimate of drug-likeness (QED) is 0.245. The molecule has 146 valence electrons. The number of halogens is 2. The third-order valence-corrected chi connectivity index (χ3v) is 14.0. The van der Waals surface area contributed by atoms with E-state index >= 15 is 0 Å². The smallest absolute Gasteiger partial charge is 0.138 e. The number of hydrogen-bond donors (Lipinski definition) is 0. The SMILES string of the molecule is Cl[Si](C#C[Si](Cl)(c1ccccc1)c1ccccc1)(c1ccccc1)c1ccccc1. The van der Waals surface area contributed by atoms with Gasteiger partial charge in [0.05, 0.1) is 0 Å². The summed E-state index contributed by atoms with van der Waals surface area (Å²) in [5, 5.41) is 4.28. The van der Waals surface area contributed by atoms with Crippen molar-refractivity contribution in [2.45, 2.75) is 0 Å². The van der Waals surface area contributed by atoms with Gasteiger partial charge in [-0.05, 0) is 20.7 Å². The Morgan fingerprint density at radius 2 is 0.567 bits per heavy atom. The van der Waals surface area contributed by atoms with Crippen LogP contribution in [-0.2, 0) is 0 Å². The van der Waals surface area contributed by atoms with E-state index in [-0.39, 0.29) is 0 Å². The molecule has 0 N–H and O–H groups in total.